The Hall–Kier alpha value is -1.00. The summed E-state index contributed by atoms with van der Waals surface area (Å²) in [6.45, 7) is 2.72. The van der Waals surface area contributed by atoms with Crippen LogP contribution in [-0.2, 0) is 11.3 Å². The summed E-state index contributed by atoms with van der Waals surface area (Å²) in [5.41, 5.74) is 0.374. The van der Waals surface area contributed by atoms with Crippen molar-refractivity contribution in [2.75, 3.05) is 19.8 Å². The largest absolute Gasteiger partial charge is 0.381 e. The molecule has 1 aromatic rings. The van der Waals surface area contributed by atoms with Crippen LogP contribution in [0, 0.1) is 17.6 Å². The topological polar surface area (TPSA) is 21.3 Å². The van der Waals surface area contributed by atoms with Gasteiger partial charge in [0.25, 0.3) is 0 Å². The molecule has 1 aromatic carbocycles. The van der Waals surface area contributed by atoms with Crippen molar-refractivity contribution in [3.8, 4) is 0 Å². The lowest BCUT2D eigenvalue weighted by atomic mass is 10.1. The summed E-state index contributed by atoms with van der Waals surface area (Å²) in [5.74, 6) is -0.268. The van der Waals surface area contributed by atoms with Crippen LogP contribution in [0.3, 0.4) is 0 Å². The van der Waals surface area contributed by atoms with E-state index in [-0.39, 0.29) is 5.82 Å². The summed E-state index contributed by atoms with van der Waals surface area (Å²) < 4.78 is 31.3. The lowest BCUT2D eigenvalue weighted by Crippen LogP contribution is -2.23. The van der Waals surface area contributed by atoms with Gasteiger partial charge in [0.15, 0.2) is 0 Å². The molecule has 0 aromatic heterocycles. The molecule has 0 radical (unpaired) electrons. The molecule has 2 rings (SSSR count). The van der Waals surface area contributed by atoms with Crippen LogP contribution in [0.4, 0.5) is 8.78 Å². The smallest absolute Gasteiger partial charge is 0.127 e. The minimum atomic E-state index is -0.401. The third-order valence-electron chi connectivity index (χ3n) is 2.78. The molecule has 1 aliphatic rings. The van der Waals surface area contributed by atoms with Gasteiger partial charge in [0, 0.05) is 25.3 Å². The molecule has 0 bridgehead atoms. The third kappa shape index (κ3) is 3.00. The fourth-order valence-electron chi connectivity index (χ4n) is 1.83. The van der Waals surface area contributed by atoms with E-state index in [1.165, 1.54) is 6.07 Å². The van der Waals surface area contributed by atoms with E-state index in [1.807, 2.05) is 0 Å². The molecule has 0 aliphatic carbocycles. The van der Waals surface area contributed by atoms with Crippen molar-refractivity contribution in [3.05, 3.63) is 35.4 Å². The fourth-order valence-corrected chi connectivity index (χ4v) is 1.83. The third-order valence-corrected chi connectivity index (χ3v) is 2.78. The van der Waals surface area contributed by atoms with Gasteiger partial charge in [-0.2, -0.15) is 0 Å². The molecular weight excluding hydrogens is 212 g/mol. The number of halogens is 2. The van der Waals surface area contributed by atoms with Crippen LogP contribution in [0.1, 0.15) is 12.0 Å². The normalized spacial score (nSPS) is 20.2. The van der Waals surface area contributed by atoms with E-state index in [4.69, 9.17) is 4.74 Å². The zero-order chi connectivity index (χ0) is 11.4. The number of benzene rings is 1. The molecule has 1 unspecified atom stereocenters. The molecule has 1 aliphatic heterocycles. The van der Waals surface area contributed by atoms with E-state index in [0.29, 0.717) is 18.0 Å². The molecule has 0 saturated carbocycles. The average molecular weight is 227 g/mol. The van der Waals surface area contributed by atoms with Crippen LogP contribution in [0.5, 0.6) is 0 Å². The van der Waals surface area contributed by atoms with Crippen molar-refractivity contribution < 1.29 is 13.5 Å². The van der Waals surface area contributed by atoms with Gasteiger partial charge in [0.1, 0.15) is 11.6 Å². The molecule has 4 heteroatoms. The number of rotatable bonds is 4. The minimum absolute atomic E-state index is 0.361. The van der Waals surface area contributed by atoms with Crippen molar-refractivity contribution in [3.63, 3.8) is 0 Å². The van der Waals surface area contributed by atoms with E-state index in [0.717, 1.165) is 38.3 Å². The predicted molar refractivity (Wildman–Crippen MR) is 57.0 cm³/mol. The van der Waals surface area contributed by atoms with Gasteiger partial charge < -0.3 is 10.1 Å². The average Bonchev–Trinajstić information content (AvgIpc) is 2.76. The van der Waals surface area contributed by atoms with Crippen molar-refractivity contribution in [1.29, 1.82) is 0 Å². The van der Waals surface area contributed by atoms with Gasteiger partial charge in [0.2, 0.25) is 0 Å². The summed E-state index contributed by atoms with van der Waals surface area (Å²) >= 11 is 0. The van der Waals surface area contributed by atoms with Crippen molar-refractivity contribution in [2.45, 2.75) is 13.0 Å². The van der Waals surface area contributed by atoms with Crippen LogP contribution in [0.25, 0.3) is 0 Å². The molecule has 0 spiro atoms. The lowest BCUT2D eigenvalue weighted by molar-refractivity contribution is 0.185. The van der Waals surface area contributed by atoms with Crippen LogP contribution >= 0.6 is 0 Å². The zero-order valence-corrected chi connectivity index (χ0v) is 9.01. The zero-order valence-electron chi connectivity index (χ0n) is 9.01. The highest BCUT2D eigenvalue weighted by molar-refractivity contribution is 5.18. The standard InChI is InChI=1S/C12H15F2NO/c13-11-1-2-12(14)10(5-11)7-15-6-9-3-4-16-8-9/h1-2,5,9,15H,3-4,6-8H2. The summed E-state index contributed by atoms with van der Waals surface area (Å²) in [6.07, 6.45) is 1.04. The predicted octanol–water partition coefficient (Wildman–Crippen LogP) is 2.09. The van der Waals surface area contributed by atoms with Crippen LogP contribution < -0.4 is 5.32 Å². The Balaban J connectivity index is 1.82. The van der Waals surface area contributed by atoms with Crippen LogP contribution in [0.2, 0.25) is 0 Å². The number of ether oxygens (including phenoxy) is 1. The lowest BCUT2D eigenvalue weighted by Gasteiger charge is -2.09. The second-order valence-corrected chi connectivity index (χ2v) is 4.10. The molecule has 0 amide bonds. The maximum Gasteiger partial charge on any atom is 0.127 e. The second kappa shape index (κ2) is 5.37. The SMILES string of the molecule is Fc1ccc(F)c(CNCC2CCOC2)c1. The Morgan fingerprint density at radius 3 is 3.00 bits per heavy atom. The summed E-state index contributed by atoms with van der Waals surface area (Å²) in [6, 6.07) is 3.52. The number of hydrogen-bond donors (Lipinski definition) is 1. The van der Waals surface area contributed by atoms with Crippen LogP contribution in [0.15, 0.2) is 18.2 Å². The highest BCUT2D eigenvalue weighted by Gasteiger charge is 2.15. The van der Waals surface area contributed by atoms with E-state index in [2.05, 4.69) is 5.32 Å². The molecular formula is C12H15F2NO. The first-order valence-electron chi connectivity index (χ1n) is 5.48. The van der Waals surface area contributed by atoms with Crippen molar-refractivity contribution in [1.82, 2.24) is 5.32 Å². The van der Waals surface area contributed by atoms with Gasteiger partial charge in [0.05, 0.1) is 6.61 Å². The van der Waals surface area contributed by atoms with Gasteiger partial charge in [-0.1, -0.05) is 0 Å². The first kappa shape index (κ1) is 11.5. The van der Waals surface area contributed by atoms with Crippen LogP contribution in [-0.4, -0.2) is 19.8 Å². The van der Waals surface area contributed by atoms with E-state index in [9.17, 15) is 8.78 Å². The molecule has 2 nitrogen and oxygen atoms in total. The Morgan fingerprint density at radius 2 is 2.25 bits per heavy atom. The Labute approximate surface area is 93.6 Å². The maximum atomic E-state index is 13.2. The van der Waals surface area contributed by atoms with Crippen molar-refractivity contribution >= 4 is 0 Å². The van der Waals surface area contributed by atoms with E-state index in [1.54, 1.807) is 0 Å². The Morgan fingerprint density at radius 1 is 1.38 bits per heavy atom. The summed E-state index contributed by atoms with van der Waals surface area (Å²) in [5, 5.41) is 3.12. The first-order valence-corrected chi connectivity index (χ1v) is 5.48. The molecule has 1 atom stereocenters. The van der Waals surface area contributed by atoms with Crippen molar-refractivity contribution in [2.24, 2.45) is 5.92 Å². The van der Waals surface area contributed by atoms with Gasteiger partial charge in [-0.25, -0.2) is 8.78 Å². The second-order valence-electron chi connectivity index (χ2n) is 4.10. The van der Waals surface area contributed by atoms with Gasteiger partial charge in [-0.3, -0.25) is 0 Å². The number of nitrogens with one attached hydrogen (secondary N) is 1. The Bertz CT molecular complexity index is 351. The highest BCUT2D eigenvalue weighted by Crippen LogP contribution is 2.12. The van der Waals surface area contributed by atoms with Gasteiger partial charge >= 0.3 is 0 Å². The summed E-state index contributed by atoms with van der Waals surface area (Å²) in [7, 11) is 0. The molecule has 88 valence electrons. The van der Waals surface area contributed by atoms with Gasteiger partial charge in [-0.05, 0) is 30.5 Å². The quantitative estimate of drug-likeness (QED) is 0.850. The van der Waals surface area contributed by atoms with Gasteiger partial charge in [-0.15, -0.1) is 0 Å². The summed E-state index contributed by atoms with van der Waals surface area (Å²) in [4.78, 5) is 0. The van der Waals surface area contributed by atoms with E-state index >= 15 is 0 Å². The molecule has 1 fully saturated rings. The number of hydrogen-bond acceptors (Lipinski definition) is 2. The molecule has 16 heavy (non-hydrogen) atoms. The molecule has 1 heterocycles. The molecule has 1 saturated heterocycles. The Kier molecular flexibility index (Phi) is 3.85. The highest BCUT2D eigenvalue weighted by atomic mass is 19.1. The fraction of sp³-hybridized carbons (Fsp3) is 0.500. The first-order chi connectivity index (χ1) is 7.75. The maximum absolute atomic E-state index is 13.2. The minimum Gasteiger partial charge on any atom is -0.381 e. The molecule has 1 N–H and O–H groups in total. The van der Waals surface area contributed by atoms with E-state index < -0.39 is 5.82 Å². The monoisotopic (exact) mass is 227 g/mol.